The predicted octanol–water partition coefficient (Wildman–Crippen LogP) is 2.36. The molecular weight excluding hydrogens is 299 g/mol. The molecule has 2 aromatic rings. The normalized spacial score (nSPS) is 12.7. The second-order valence-corrected chi connectivity index (χ2v) is 4.69. The zero-order chi connectivity index (χ0) is 13.1. The number of nitrogens with zero attached hydrogens (tertiary/aromatic N) is 2. The maximum absolute atomic E-state index is 13.4. The van der Waals surface area contributed by atoms with Gasteiger partial charge in [-0.1, -0.05) is 15.9 Å². The smallest absolute Gasteiger partial charge is 0.131 e. The fraction of sp³-hybridized carbons (Fsp3) is 0.250. The number of nitrogens with one attached hydrogen (secondary N) is 1. The van der Waals surface area contributed by atoms with E-state index in [2.05, 4.69) is 26.3 Å². The average Bonchev–Trinajstić information content (AvgIpc) is 2.83. The van der Waals surface area contributed by atoms with Gasteiger partial charge < -0.3 is 4.57 Å². The van der Waals surface area contributed by atoms with E-state index < -0.39 is 0 Å². The van der Waals surface area contributed by atoms with Gasteiger partial charge in [0.25, 0.3) is 0 Å². The van der Waals surface area contributed by atoms with Crippen molar-refractivity contribution in [3.05, 3.63) is 52.3 Å². The number of benzene rings is 1. The zero-order valence-corrected chi connectivity index (χ0v) is 11.5. The summed E-state index contributed by atoms with van der Waals surface area (Å²) in [5.74, 6) is 6.05. The van der Waals surface area contributed by atoms with E-state index in [0.29, 0.717) is 0 Å². The van der Waals surface area contributed by atoms with Gasteiger partial charge in [0.1, 0.15) is 17.7 Å². The lowest BCUT2D eigenvalue weighted by molar-refractivity contribution is 0.552. The third kappa shape index (κ3) is 2.45. The van der Waals surface area contributed by atoms with Crippen LogP contribution in [0, 0.1) is 5.82 Å². The van der Waals surface area contributed by atoms with Gasteiger partial charge in [-0.15, -0.1) is 0 Å². The lowest BCUT2D eigenvalue weighted by atomic mass is 10.1. The monoisotopic (exact) mass is 312 g/mol. The summed E-state index contributed by atoms with van der Waals surface area (Å²) in [6.07, 6.45) is 3.57. The molecule has 1 aromatic heterocycles. The molecular formula is C12H14BrFN4. The Balaban J connectivity index is 2.48. The summed E-state index contributed by atoms with van der Waals surface area (Å²) in [5, 5.41) is 0. The van der Waals surface area contributed by atoms with E-state index in [1.54, 1.807) is 12.3 Å². The third-order valence-corrected chi connectivity index (χ3v) is 3.50. The molecule has 0 radical (unpaired) electrons. The average molecular weight is 313 g/mol. The molecule has 0 saturated carbocycles. The van der Waals surface area contributed by atoms with Crippen molar-refractivity contribution in [2.45, 2.75) is 19.5 Å². The third-order valence-electron chi connectivity index (χ3n) is 2.78. The van der Waals surface area contributed by atoms with Crippen LogP contribution in [0.1, 0.15) is 24.4 Å². The van der Waals surface area contributed by atoms with Crippen LogP contribution < -0.4 is 11.3 Å². The quantitative estimate of drug-likeness (QED) is 0.673. The van der Waals surface area contributed by atoms with Gasteiger partial charge in [0.2, 0.25) is 0 Å². The number of hydrazine groups is 1. The Morgan fingerprint density at radius 3 is 3.00 bits per heavy atom. The highest BCUT2D eigenvalue weighted by atomic mass is 79.9. The molecule has 0 amide bonds. The number of imidazole rings is 1. The Kier molecular flexibility index (Phi) is 4.11. The summed E-state index contributed by atoms with van der Waals surface area (Å²) >= 11 is 3.40. The highest BCUT2D eigenvalue weighted by molar-refractivity contribution is 9.10. The molecule has 0 aliphatic rings. The van der Waals surface area contributed by atoms with Crippen molar-refractivity contribution >= 4 is 15.9 Å². The van der Waals surface area contributed by atoms with E-state index in [9.17, 15) is 4.39 Å². The molecule has 0 bridgehead atoms. The minimum absolute atomic E-state index is 0.303. The first-order chi connectivity index (χ1) is 8.67. The number of hydrogen-bond acceptors (Lipinski definition) is 3. The molecule has 0 fully saturated rings. The Labute approximate surface area is 113 Å². The Bertz CT molecular complexity index is 541. The van der Waals surface area contributed by atoms with Gasteiger partial charge in [-0.05, 0) is 30.7 Å². The fourth-order valence-corrected chi connectivity index (χ4v) is 2.36. The van der Waals surface area contributed by atoms with Crippen LogP contribution in [0.5, 0.6) is 0 Å². The second-order valence-electron chi connectivity index (χ2n) is 3.84. The van der Waals surface area contributed by atoms with E-state index >= 15 is 0 Å². The second kappa shape index (κ2) is 5.60. The summed E-state index contributed by atoms with van der Waals surface area (Å²) in [7, 11) is 0. The molecule has 3 N–H and O–H groups in total. The standard InChI is InChI=1S/C12H14BrFN4/c1-2-18-6-5-16-12(18)11(17-15)9-7-8(14)3-4-10(9)13/h3-7,11,17H,2,15H2,1H3. The van der Waals surface area contributed by atoms with Crippen LogP contribution in [-0.2, 0) is 6.54 Å². The first kappa shape index (κ1) is 13.2. The number of hydrogen-bond donors (Lipinski definition) is 2. The van der Waals surface area contributed by atoms with E-state index in [4.69, 9.17) is 5.84 Å². The Hall–Kier alpha value is -1.24. The van der Waals surface area contributed by atoms with Crippen LogP contribution in [0.25, 0.3) is 0 Å². The summed E-state index contributed by atoms with van der Waals surface area (Å²) in [6, 6.07) is 4.15. The van der Waals surface area contributed by atoms with Gasteiger partial charge in [-0.2, -0.15) is 0 Å². The number of rotatable bonds is 4. The first-order valence-electron chi connectivity index (χ1n) is 5.59. The fourth-order valence-electron chi connectivity index (χ4n) is 1.89. The van der Waals surface area contributed by atoms with E-state index in [-0.39, 0.29) is 11.9 Å². The molecule has 1 unspecified atom stereocenters. The van der Waals surface area contributed by atoms with Gasteiger partial charge >= 0.3 is 0 Å². The zero-order valence-electron chi connectivity index (χ0n) is 9.90. The van der Waals surface area contributed by atoms with Crippen molar-refractivity contribution in [3.63, 3.8) is 0 Å². The van der Waals surface area contributed by atoms with Gasteiger partial charge in [-0.25, -0.2) is 14.8 Å². The molecule has 0 aliphatic carbocycles. The van der Waals surface area contributed by atoms with Gasteiger partial charge in [-0.3, -0.25) is 5.84 Å². The molecule has 6 heteroatoms. The van der Waals surface area contributed by atoms with E-state index in [0.717, 1.165) is 22.4 Å². The topological polar surface area (TPSA) is 55.9 Å². The Morgan fingerprint density at radius 1 is 1.56 bits per heavy atom. The summed E-state index contributed by atoms with van der Waals surface area (Å²) in [5.41, 5.74) is 3.40. The molecule has 96 valence electrons. The largest absolute Gasteiger partial charge is 0.334 e. The molecule has 2 rings (SSSR count). The predicted molar refractivity (Wildman–Crippen MR) is 71.2 cm³/mol. The minimum Gasteiger partial charge on any atom is -0.334 e. The molecule has 0 aliphatic heterocycles. The number of aryl methyl sites for hydroxylation is 1. The highest BCUT2D eigenvalue weighted by Gasteiger charge is 2.20. The van der Waals surface area contributed by atoms with Crippen molar-refractivity contribution in [1.82, 2.24) is 15.0 Å². The van der Waals surface area contributed by atoms with Gasteiger partial charge in [0, 0.05) is 23.4 Å². The van der Waals surface area contributed by atoms with E-state index in [1.807, 2.05) is 17.7 Å². The molecule has 1 atom stereocenters. The van der Waals surface area contributed by atoms with Crippen LogP contribution in [0.15, 0.2) is 35.1 Å². The van der Waals surface area contributed by atoms with E-state index in [1.165, 1.54) is 12.1 Å². The first-order valence-corrected chi connectivity index (χ1v) is 6.38. The SMILES string of the molecule is CCn1ccnc1C(NN)c1cc(F)ccc1Br. The number of aromatic nitrogens is 2. The van der Waals surface area contributed by atoms with Crippen molar-refractivity contribution in [3.8, 4) is 0 Å². The lowest BCUT2D eigenvalue weighted by Gasteiger charge is -2.18. The van der Waals surface area contributed by atoms with Crippen molar-refractivity contribution < 1.29 is 4.39 Å². The van der Waals surface area contributed by atoms with Crippen LogP contribution in [0.3, 0.4) is 0 Å². The number of halogens is 2. The van der Waals surface area contributed by atoms with Crippen LogP contribution in [0.2, 0.25) is 0 Å². The summed E-state index contributed by atoms with van der Waals surface area (Å²) < 4.78 is 16.1. The molecule has 0 saturated heterocycles. The minimum atomic E-state index is -0.356. The molecule has 0 spiro atoms. The highest BCUT2D eigenvalue weighted by Crippen LogP contribution is 2.28. The van der Waals surface area contributed by atoms with Gasteiger partial charge in [0.15, 0.2) is 0 Å². The Morgan fingerprint density at radius 2 is 2.33 bits per heavy atom. The maximum Gasteiger partial charge on any atom is 0.131 e. The molecule has 1 aromatic carbocycles. The van der Waals surface area contributed by atoms with Gasteiger partial charge in [0.05, 0.1) is 0 Å². The van der Waals surface area contributed by atoms with Crippen molar-refractivity contribution in [1.29, 1.82) is 0 Å². The molecule has 1 heterocycles. The van der Waals surface area contributed by atoms with Crippen LogP contribution in [0.4, 0.5) is 4.39 Å². The van der Waals surface area contributed by atoms with Crippen molar-refractivity contribution in [2.75, 3.05) is 0 Å². The molecule has 18 heavy (non-hydrogen) atoms. The number of nitrogens with two attached hydrogens (primary N) is 1. The molecule has 4 nitrogen and oxygen atoms in total. The summed E-state index contributed by atoms with van der Waals surface area (Å²) in [6.45, 7) is 2.79. The lowest BCUT2D eigenvalue weighted by Crippen LogP contribution is -2.31. The summed E-state index contributed by atoms with van der Waals surface area (Å²) in [4.78, 5) is 4.28. The van der Waals surface area contributed by atoms with Crippen molar-refractivity contribution in [2.24, 2.45) is 5.84 Å². The van der Waals surface area contributed by atoms with Crippen LogP contribution >= 0.6 is 15.9 Å². The maximum atomic E-state index is 13.4. The van der Waals surface area contributed by atoms with Crippen LogP contribution in [-0.4, -0.2) is 9.55 Å².